The molecule has 2 bridgehead atoms. The third kappa shape index (κ3) is 17.3. The average Bonchev–Trinajstić information content (AvgIpc) is 3.51. The van der Waals surface area contributed by atoms with Crippen LogP contribution in [0.2, 0.25) is 0 Å². The van der Waals surface area contributed by atoms with Crippen LogP contribution in [0.15, 0.2) is 60.2 Å². The molecular weight excluding hydrogens is 1010 g/mol. The topological polar surface area (TPSA) is 294 Å². The first kappa shape index (κ1) is 64.8. The molecule has 4 amide bonds. The number of rotatable bonds is 15. The fourth-order valence-corrected chi connectivity index (χ4v) is 11.6. The number of nitrogens with one attached hydrogen (secondary N) is 4. The Kier molecular flexibility index (Phi) is 24.3. The number of allylic oxidation sites excluding steroid dienone is 3. The lowest BCUT2D eigenvalue weighted by atomic mass is 9.69. The standard InChI is InChI=1S/C60H93N5O14/c1-11-42-28-36(6)60(63-55(42)73)40(10)53(71)39(9)51(79-60)32-49(70)34(4)18-13-12-14-19-35(5)50-31-44(68)22-16-24-48(69)38(8)54(72)45(26-25-37(7)66)56(74)62-52(33(2)3)57(75)61-47(30-41-20-15-21-43(67)29-41)58(76)65-27-17-23-46(64-65)59(77)78-50/h12,14-16,19-21,24,29,33-34,36,38-40,42,44-54,64,67-72H,11,13,17-18,22-23,25-28,30-32H2,1-10H3,(H,61,75)(H,62,74)(H,63,73)/b14-12+,24-16+,35-19+/t34-,36-,38-,39-,40-,42-,44?,45+,46?,47-,48-,49-,50-,51-,52-,53-,54+,60+/m0/s1. The number of ether oxygens (including phenoxy) is 2. The smallest absolute Gasteiger partial charge is 0.325 e. The fraction of sp³-hybridized carbons (Fsp3) is 0.700. The van der Waals surface area contributed by atoms with Gasteiger partial charge in [-0.25, -0.2) is 5.43 Å². The highest BCUT2D eigenvalue weighted by atomic mass is 16.5. The number of aliphatic hydroxyl groups excluding tert-OH is 5. The van der Waals surface area contributed by atoms with Gasteiger partial charge in [0.15, 0.2) is 0 Å². The summed E-state index contributed by atoms with van der Waals surface area (Å²) in [6.07, 6.45) is 4.91. The summed E-state index contributed by atoms with van der Waals surface area (Å²) in [6.45, 7) is 18.1. The summed E-state index contributed by atoms with van der Waals surface area (Å²) in [5, 5.41) is 77.5. The number of amides is 4. The van der Waals surface area contributed by atoms with E-state index in [0.717, 1.165) is 0 Å². The summed E-state index contributed by atoms with van der Waals surface area (Å²) in [5.74, 6) is -6.71. The van der Waals surface area contributed by atoms with E-state index in [4.69, 9.17) is 9.47 Å². The van der Waals surface area contributed by atoms with E-state index in [-0.39, 0.29) is 92.1 Å². The van der Waals surface area contributed by atoms with Crippen molar-refractivity contribution in [3.63, 3.8) is 0 Å². The van der Waals surface area contributed by atoms with Crippen molar-refractivity contribution < 1.29 is 68.9 Å². The Hall–Kier alpha value is -5.02. The summed E-state index contributed by atoms with van der Waals surface area (Å²) in [6, 6.07) is 2.73. The maximum atomic E-state index is 14.5. The van der Waals surface area contributed by atoms with Crippen molar-refractivity contribution in [1.82, 2.24) is 26.4 Å². The third-order valence-corrected chi connectivity index (χ3v) is 17.2. The number of phenols is 1. The van der Waals surface area contributed by atoms with Crippen molar-refractivity contribution in [3.8, 4) is 5.75 Å². The van der Waals surface area contributed by atoms with Crippen LogP contribution in [0.3, 0.4) is 0 Å². The summed E-state index contributed by atoms with van der Waals surface area (Å²) in [4.78, 5) is 82.3. The third-order valence-electron chi connectivity index (χ3n) is 17.2. The molecular formula is C60H93N5O14. The van der Waals surface area contributed by atoms with E-state index in [9.17, 15) is 59.4 Å². The number of hydrogen-bond donors (Lipinski definition) is 10. The Morgan fingerprint density at radius 2 is 1.66 bits per heavy atom. The normalized spacial score (nSPS) is 35.4. The number of piperidine rings is 1. The molecule has 3 fully saturated rings. The number of aromatic hydroxyl groups is 1. The second kappa shape index (κ2) is 29.6. The molecule has 4 aliphatic rings. The molecule has 79 heavy (non-hydrogen) atoms. The molecule has 2 unspecified atom stereocenters. The highest BCUT2D eigenvalue weighted by Gasteiger charge is 2.57. The zero-order valence-electron chi connectivity index (χ0n) is 48.2. The molecule has 4 aliphatic heterocycles. The SMILES string of the molecule is CC[C@H]1C[C@H](C)[C@@]2(NC1=O)O[C@@H](C[C@H](O)[C@@H](C)CC/C=C/C=C(\C)[C@@H]1CC(O)C/C=C/[C@H](O)[C@H](C)[C@@H](O)[C@@H](CCC(C)=O)C(=O)N[C@@H](C(C)C)C(=O)N[C@@H](Cc3cccc(O)c3)C(=O)N3CCCC(N3)C(=O)O1)[C@H](C)[C@H](O)[C@@H]2C. The monoisotopic (exact) mass is 1110 g/mol. The molecule has 1 aromatic carbocycles. The number of hydrazine groups is 1. The van der Waals surface area contributed by atoms with E-state index >= 15 is 0 Å². The zero-order chi connectivity index (χ0) is 58.5. The average molecular weight is 1110 g/mol. The first-order chi connectivity index (χ1) is 37.3. The Bertz CT molecular complexity index is 2330. The Morgan fingerprint density at radius 1 is 0.937 bits per heavy atom. The van der Waals surface area contributed by atoms with Gasteiger partial charge in [-0.2, -0.15) is 0 Å². The number of hydrogen-bond acceptors (Lipinski definition) is 15. The van der Waals surface area contributed by atoms with Crippen molar-refractivity contribution in [1.29, 1.82) is 0 Å². The number of nitrogens with zero attached hydrogens (tertiary/aromatic N) is 1. The maximum Gasteiger partial charge on any atom is 0.325 e. The molecule has 19 nitrogen and oxygen atoms in total. The molecule has 1 spiro atoms. The molecule has 0 radical (unpaired) electrons. The van der Waals surface area contributed by atoms with Gasteiger partial charge in [-0.3, -0.25) is 29.0 Å². The number of fused-ring (bicyclic) bond motifs is 2. The maximum absolute atomic E-state index is 14.5. The fourth-order valence-electron chi connectivity index (χ4n) is 11.6. The van der Waals surface area contributed by atoms with Gasteiger partial charge in [0, 0.05) is 61.8 Å². The first-order valence-electron chi connectivity index (χ1n) is 28.8. The summed E-state index contributed by atoms with van der Waals surface area (Å²) in [5.41, 5.74) is 3.09. The van der Waals surface area contributed by atoms with Gasteiger partial charge >= 0.3 is 5.97 Å². The minimum atomic E-state index is -1.48. The van der Waals surface area contributed by atoms with Crippen LogP contribution in [-0.2, 0) is 44.7 Å². The van der Waals surface area contributed by atoms with Crippen LogP contribution in [0.5, 0.6) is 5.75 Å². The predicted molar refractivity (Wildman–Crippen MR) is 297 cm³/mol. The van der Waals surface area contributed by atoms with Gasteiger partial charge in [0.05, 0.1) is 42.5 Å². The van der Waals surface area contributed by atoms with Gasteiger partial charge in [-0.15, -0.1) is 0 Å². The van der Waals surface area contributed by atoms with E-state index in [1.807, 2.05) is 46.8 Å². The number of phenolic OH excluding ortho intramolecular Hbond substituents is 1. The summed E-state index contributed by atoms with van der Waals surface area (Å²) in [7, 11) is 0. The lowest BCUT2D eigenvalue weighted by Crippen LogP contribution is -2.71. The summed E-state index contributed by atoms with van der Waals surface area (Å²) < 4.78 is 12.9. The Labute approximate surface area is 467 Å². The van der Waals surface area contributed by atoms with E-state index in [2.05, 4.69) is 21.4 Å². The quantitative estimate of drug-likeness (QED) is 0.0653. The van der Waals surface area contributed by atoms with Crippen molar-refractivity contribution in [2.45, 2.75) is 213 Å². The first-order valence-corrected chi connectivity index (χ1v) is 28.8. The number of carbonyl (C=O) groups is 6. The number of benzene rings is 1. The second-order valence-corrected chi connectivity index (χ2v) is 23.7. The molecule has 10 N–H and O–H groups in total. The van der Waals surface area contributed by atoms with Crippen LogP contribution in [0.4, 0.5) is 0 Å². The molecule has 5 rings (SSSR count). The van der Waals surface area contributed by atoms with Gasteiger partial charge in [0.1, 0.15) is 41.5 Å². The van der Waals surface area contributed by atoms with Gasteiger partial charge in [-0.1, -0.05) is 97.9 Å². The van der Waals surface area contributed by atoms with Crippen molar-refractivity contribution in [3.05, 3.63) is 65.8 Å². The van der Waals surface area contributed by atoms with Gasteiger partial charge in [-0.05, 0) is 100 Å². The molecule has 4 heterocycles. The van der Waals surface area contributed by atoms with E-state index in [1.165, 1.54) is 30.1 Å². The highest BCUT2D eigenvalue weighted by Crippen LogP contribution is 2.46. The van der Waals surface area contributed by atoms with Crippen LogP contribution in [0.1, 0.15) is 145 Å². The number of ketones is 1. The molecule has 442 valence electrons. The second-order valence-electron chi connectivity index (χ2n) is 23.7. The largest absolute Gasteiger partial charge is 0.508 e. The van der Waals surface area contributed by atoms with Crippen LogP contribution >= 0.6 is 0 Å². The van der Waals surface area contributed by atoms with E-state index in [0.29, 0.717) is 49.7 Å². The van der Waals surface area contributed by atoms with Crippen LogP contribution in [0, 0.1) is 47.3 Å². The van der Waals surface area contributed by atoms with Crippen molar-refractivity contribution in [2.24, 2.45) is 47.3 Å². The molecule has 19 heteroatoms. The minimum absolute atomic E-state index is 0.0118. The van der Waals surface area contributed by atoms with E-state index < -0.39 is 108 Å². The van der Waals surface area contributed by atoms with Crippen molar-refractivity contribution >= 4 is 35.4 Å². The Balaban J connectivity index is 1.35. The molecule has 0 saturated carbocycles. The highest BCUT2D eigenvalue weighted by molar-refractivity contribution is 5.93. The van der Waals surface area contributed by atoms with Gasteiger partial charge in [0.2, 0.25) is 17.7 Å². The molecule has 0 aliphatic carbocycles. The molecule has 18 atom stereocenters. The number of carbonyl (C=O) groups excluding carboxylic acids is 6. The number of esters is 1. The predicted octanol–water partition coefficient (Wildman–Crippen LogP) is 4.60. The van der Waals surface area contributed by atoms with Crippen LogP contribution < -0.4 is 21.4 Å². The van der Waals surface area contributed by atoms with Crippen molar-refractivity contribution in [2.75, 3.05) is 6.54 Å². The lowest BCUT2D eigenvalue weighted by molar-refractivity contribution is -0.267. The van der Waals surface area contributed by atoms with E-state index in [1.54, 1.807) is 52.0 Å². The van der Waals surface area contributed by atoms with Crippen LogP contribution in [0.25, 0.3) is 0 Å². The lowest BCUT2D eigenvalue weighted by Gasteiger charge is -2.56. The number of aliphatic hydroxyl groups is 5. The number of cyclic esters (lactones) is 1. The van der Waals surface area contributed by atoms with Gasteiger partial charge < -0.3 is 60.9 Å². The number of Topliss-reactive ketones (excluding diaryl/α,β-unsaturated/α-hetero) is 1. The molecule has 0 aromatic heterocycles. The Morgan fingerprint density at radius 3 is 2.33 bits per heavy atom. The molecule has 1 aromatic rings. The van der Waals surface area contributed by atoms with Crippen LogP contribution in [-0.4, -0.2) is 144 Å². The molecule has 3 saturated heterocycles. The van der Waals surface area contributed by atoms with Gasteiger partial charge in [0.25, 0.3) is 5.91 Å². The minimum Gasteiger partial charge on any atom is -0.508 e. The zero-order valence-corrected chi connectivity index (χ0v) is 48.2. The summed E-state index contributed by atoms with van der Waals surface area (Å²) >= 11 is 0.